The molecule has 6 heteroatoms. The van der Waals surface area contributed by atoms with Crippen molar-refractivity contribution in [3.63, 3.8) is 0 Å². The zero-order valence-electron chi connectivity index (χ0n) is 13.4. The van der Waals surface area contributed by atoms with Gasteiger partial charge >= 0.3 is 0 Å². The van der Waals surface area contributed by atoms with Crippen LogP contribution >= 0.6 is 0 Å². The quantitative estimate of drug-likeness (QED) is 0.810. The van der Waals surface area contributed by atoms with E-state index < -0.39 is 10.0 Å². The molecule has 0 atom stereocenters. The summed E-state index contributed by atoms with van der Waals surface area (Å²) in [5.74, 6) is 0. The number of benzene rings is 1. The summed E-state index contributed by atoms with van der Waals surface area (Å²) in [6.45, 7) is 5.29. The SMILES string of the molecule is O=S(=O)(c1ccc(NCCN2CC=CCC2)cc1)N1CCCC1. The summed E-state index contributed by atoms with van der Waals surface area (Å²) < 4.78 is 26.5. The van der Waals surface area contributed by atoms with E-state index in [0.717, 1.165) is 51.1 Å². The van der Waals surface area contributed by atoms with Crippen LogP contribution < -0.4 is 5.32 Å². The molecule has 0 amide bonds. The lowest BCUT2D eigenvalue weighted by Crippen LogP contribution is -2.31. The molecular formula is C17H25N3O2S. The summed E-state index contributed by atoms with van der Waals surface area (Å²) in [5.41, 5.74) is 0.970. The number of nitrogens with zero attached hydrogens (tertiary/aromatic N) is 2. The van der Waals surface area contributed by atoms with Crippen LogP contribution in [0, 0.1) is 0 Å². The van der Waals surface area contributed by atoms with Crippen molar-refractivity contribution < 1.29 is 8.42 Å². The Bertz CT molecular complexity index is 634. The molecule has 3 rings (SSSR count). The standard InChI is InChI=1S/C17H25N3O2S/c21-23(22,20-13-4-5-14-20)17-8-6-16(7-9-17)18-10-15-19-11-2-1-3-12-19/h1-2,6-9,18H,3-5,10-15H2. The molecule has 1 aromatic carbocycles. The van der Waals surface area contributed by atoms with E-state index in [1.54, 1.807) is 16.4 Å². The van der Waals surface area contributed by atoms with Gasteiger partial charge in [-0.25, -0.2) is 8.42 Å². The van der Waals surface area contributed by atoms with Gasteiger partial charge in [0.05, 0.1) is 4.90 Å². The summed E-state index contributed by atoms with van der Waals surface area (Å²) in [5, 5.41) is 3.37. The first-order valence-electron chi connectivity index (χ1n) is 8.38. The third-order valence-electron chi connectivity index (χ3n) is 4.46. The van der Waals surface area contributed by atoms with Crippen LogP contribution in [-0.4, -0.2) is 56.9 Å². The molecule has 0 saturated carbocycles. The Kier molecular flexibility index (Phi) is 5.35. The molecule has 2 heterocycles. The highest BCUT2D eigenvalue weighted by Gasteiger charge is 2.26. The molecule has 0 radical (unpaired) electrons. The second kappa shape index (κ2) is 7.47. The molecule has 126 valence electrons. The molecule has 1 fully saturated rings. The zero-order chi connectivity index (χ0) is 16.1. The highest BCUT2D eigenvalue weighted by molar-refractivity contribution is 7.89. The lowest BCUT2D eigenvalue weighted by atomic mass is 10.2. The Morgan fingerprint density at radius 3 is 2.39 bits per heavy atom. The fourth-order valence-electron chi connectivity index (χ4n) is 3.07. The molecule has 2 aliphatic rings. The molecular weight excluding hydrogens is 310 g/mol. The first-order valence-corrected chi connectivity index (χ1v) is 9.82. The molecule has 0 aromatic heterocycles. The molecule has 1 aromatic rings. The van der Waals surface area contributed by atoms with Crippen LogP contribution in [-0.2, 0) is 10.0 Å². The lowest BCUT2D eigenvalue weighted by Gasteiger charge is -2.23. The van der Waals surface area contributed by atoms with E-state index in [9.17, 15) is 8.42 Å². The first-order chi connectivity index (χ1) is 11.2. The van der Waals surface area contributed by atoms with Crippen molar-refractivity contribution in [2.24, 2.45) is 0 Å². The van der Waals surface area contributed by atoms with Crippen LogP contribution in [0.4, 0.5) is 5.69 Å². The van der Waals surface area contributed by atoms with Crippen LogP contribution in [0.2, 0.25) is 0 Å². The van der Waals surface area contributed by atoms with Crippen molar-refractivity contribution in [1.82, 2.24) is 9.21 Å². The van der Waals surface area contributed by atoms with E-state index in [1.807, 2.05) is 12.1 Å². The van der Waals surface area contributed by atoms with Crippen molar-refractivity contribution in [1.29, 1.82) is 0 Å². The summed E-state index contributed by atoms with van der Waals surface area (Å²) in [6.07, 6.45) is 7.49. The molecule has 1 N–H and O–H groups in total. The summed E-state index contributed by atoms with van der Waals surface area (Å²) >= 11 is 0. The topological polar surface area (TPSA) is 52.7 Å². The largest absolute Gasteiger partial charge is 0.384 e. The number of rotatable bonds is 6. The maximum Gasteiger partial charge on any atom is 0.243 e. The summed E-state index contributed by atoms with van der Waals surface area (Å²) in [7, 11) is -3.30. The van der Waals surface area contributed by atoms with Gasteiger partial charge in [0.25, 0.3) is 0 Å². The second-order valence-corrected chi connectivity index (χ2v) is 8.06. The molecule has 2 aliphatic heterocycles. The van der Waals surface area contributed by atoms with Gasteiger partial charge in [-0.15, -0.1) is 0 Å². The smallest absolute Gasteiger partial charge is 0.243 e. The zero-order valence-corrected chi connectivity index (χ0v) is 14.3. The van der Waals surface area contributed by atoms with Crippen LogP contribution in [0.3, 0.4) is 0 Å². The number of nitrogens with one attached hydrogen (secondary N) is 1. The lowest BCUT2D eigenvalue weighted by molar-refractivity contribution is 0.310. The van der Waals surface area contributed by atoms with E-state index in [1.165, 1.54) is 0 Å². The summed E-state index contributed by atoms with van der Waals surface area (Å²) in [4.78, 5) is 2.80. The van der Waals surface area contributed by atoms with Crippen molar-refractivity contribution >= 4 is 15.7 Å². The Morgan fingerprint density at radius 2 is 1.74 bits per heavy atom. The van der Waals surface area contributed by atoms with Gasteiger partial charge in [0.1, 0.15) is 0 Å². The maximum absolute atomic E-state index is 12.5. The van der Waals surface area contributed by atoms with E-state index in [-0.39, 0.29) is 0 Å². The van der Waals surface area contributed by atoms with Crippen molar-refractivity contribution in [2.75, 3.05) is 44.6 Å². The van der Waals surface area contributed by atoms with Crippen LogP contribution in [0.5, 0.6) is 0 Å². The highest BCUT2D eigenvalue weighted by atomic mass is 32.2. The molecule has 0 spiro atoms. The van der Waals surface area contributed by atoms with Gasteiger partial charge in [0, 0.05) is 45.0 Å². The number of anilines is 1. The van der Waals surface area contributed by atoms with E-state index >= 15 is 0 Å². The third kappa shape index (κ3) is 4.13. The van der Waals surface area contributed by atoms with Gasteiger partial charge in [-0.2, -0.15) is 4.31 Å². The van der Waals surface area contributed by atoms with E-state index in [2.05, 4.69) is 22.4 Å². The minimum absolute atomic E-state index is 0.395. The van der Waals surface area contributed by atoms with Gasteiger partial charge in [-0.05, 0) is 43.5 Å². The van der Waals surface area contributed by atoms with Crippen LogP contribution in [0.1, 0.15) is 19.3 Å². The Balaban J connectivity index is 1.53. The average molecular weight is 335 g/mol. The molecule has 0 unspecified atom stereocenters. The van der Waals surface area contributed by atoms with Crippen molar-refractivity contribution in [3.05, 3.63) is 36.4 Å². The summed E-state index contributed by atoms with van der Waals surface area (Å²) in [6, 6.07) is 7.14. The molecule has 0 bridgehead atoms. The fraction of sp³-hybridized carbons (Fsp3) is 0.529. The van der Waals surface area contributed by atoms with Gasteiger partial charge in [-0.3, -0.25) is 4.90 Å². The molecule has 5 nitrogen and oxygen atoms in total. The number of sulfonamides is 1. The minimum atomic E-state index is -3.30. The minimum Gasteiger partial charge on any atom is -0.384 e. The van der Waals surface area contributed by atoms with Gasteiger partial charge in [0.2, 0.25) is 10.0 Å². The van der Waals surface area contributed by atoms with E-state index in [4.69, 9.17) is 0 Å². The predicted octanol–water partition coefficient (Wildman–Crippen LogP) is 2.14. The predicted molar refractivity (Wildman–Crippen MR) is 93.1 cm³/mol. The number of hydrogen-bond donors (Lipinski definition) is 1. The van der Waals surface area contributed by atoms with Crippen molar-refractivity contribution in [3.8, 4) is 0 Å². The molecule has 23 heavy (non-hydrogen) atoms. The number of hydrogen-bond acceptors (Lipinski definition) is 4. The normalized spacial score (nSPS) is 20.0. The van der Waals surface area contributed by atoms with Crippen LogP contribution in [0.15, 0.2) is 41.3 Å². The van der Waals surface area contributed by atoms with Gasteiger partial charge < -0.3 is 5.32 Å². The van der Waals surface area contributed by atoms with Crippen LogP contribution in [0.25, 0.3) is 0 Å². The monoisotopic (exact) mass is 335 g/mol. The third-order valence-corrected chi connectivity index (χ3v) is 6.37. The highest BCUT2D eigenvalue weighted by Crippen LogP contribution is 2.22. The first kappa shape index (κ1) is 16.5. The van der Waals surface area contributed by atoms with Gasteiger partial charge in [-0.1, -0.05) is 12.2 Å². The second-order valence-electron chi connectivity index (χ2n) is 6.12. The average Bonchev–Trinajstić information content (AvgIpc) is 3.12. The van der Waals surface area contributed by atoms with Gasteiger partial charge in [0.15, 0.2) is 0 Å². The van der Waals surface area contributed by atoms with Crippen molar-refractivity contribution in [2.45, 2.75) is 24.2 Å². The Labute approximate surface area is 139 Å². The Hall–Kier alpha value is -1.37. The molecule has 1 saturated heterocycles. The van der Waals surface area contributed by atoms with E-state index in [0.29, 0.717) is 18.0 Å². The fourth-order valence-corrected chi connectivity index (χ4v) is 4.59. The Morgan fingerprint density at radius 1 is 1.00 bits per heavy atom. The maximum atomic E-state index is 12.5. The molecule has 0 aliphatic carbocycles.